The first-order chi connectivity index (χ1) is 13.5. The van der Waals surface area contributed by atoms with Gasteiger partial charge in [-0.3, -0.25) is 14.6 Å². The number of hydrogen-bond acceptors (Lipinski definition) is 7. The van der Waals surface area contributed by atoms with Crippen molar-refractivity contribution in [2.45, 2.75) is 0 Å². The van der Waals surface area contributed by atoms with Crippen LogP contribution < -0.4 is 18.9 Å². The van der Waals surface area contributed by atoms with E-state index in [-0.39, 0.29) is 34.0 Å². The summed E-state index contributed by atoms with van der Waals surface area (Å²) in [5.74, 6) is 1.06. The van der Waals surface area contributed by atoms with E-state index in [2.05, 4.69) is 4.98 Å². The van der Waals surface area contributed by atoms with E-state index < -0.39 is 0 Å². The Morgan fingerprint density at radius 2 is 1.18 bits per heavy atom. The first-order valence-electron chi connectivity index (χ1n) is 8.44. The van der Waals surface area contributed by atoms with Crippen molar-refractivity contribution in [3.05, 3.63) is 52.8 Å². The van der Waals surface area contributed by atoms with Gasteiger partial charge in [-0.05, 0) is 24.3 Å². The number of hydrogen-bond donors (Lipinski definition) is 0. The van der Waals surface area contributed by atoms with Crippen molar-refractivity contribution in [2.24, 2.45) is 0 Å². The van der Waals surface area contributed by atoms with Crippen LogP contribution in [0, 0.1) is 0 Å². The molecule has 0 unspecified atom stereocenters. The zero-order valence-corrected chi connectivity index (χ0v) is 15.8. The average molecular weight is 379 g/mol. The Balaban J connectivity index is 2.02. The number of aromatic nitrogens is 1. The van der Waals surface area contributed by atoms with E-state index in [4.69, 9.17) is 18.9 Å². The Labute approximate surface area is 160 Å². The standard InChI is InChI=1S/C21H17NO6/c1-25-14-5-10-9-22-19-18(11(10)6-15(14)26-2)20(23)12-7-16(27-3)17(28-4)8-13(12)21(19)24/h5-9H,1-4H3. The number of methoxy groups -OCH3 is 4. The minimum Gasteiger partial charge on any atom is -0.493 e. The summed E-state index contributed by atoms with van der Waals surface area (Å²) in [5.41, 5.74) is 0.828. The molecule has 0 aliphatic heterocycles. The van der Waals surface area contributed by atoms with Gasteiger partial charge < -0.3 is 18.9 Å². The van der Waals surface area contributed by atoms with Crippen molar-refractivity contribution in [1.29, 1.82) is 0 Å². The van der Waals surface area contributed by atoms with Gasteiger partial charge in [0.05, 0.1) is 34.0 Å². The largest absolute Gasteiger partial charge is 0.493 e. The van der Waals surface area contributed by atoms with Crippen molar-refractivity contribution < 1.29 is 28.5 Å². The van der Waals surface area contributed by atoms with Gasteiger partial charge in [0.25, 0.3) is 0 Å². The number of rotatable bonds is 4. The molecule has 4 rings (SSSR count). The second-order valence-corrected chi connectivity index (χ2v) is 6.19. The molecule has 0 atom stereocenters. The molecule has 2 aromatic carbocycles. The first-order valence-corrected chi connectivity index (χ1v) is 8.44. The average Bonchev–Trinajstić information content (AvgIpc) is 2.74. The Kier molecular flexibility index (Phi) is 4.15. The molecule has 0 saturated carbocycles. The summed E-state index contributed by atoms with van der Waals surface area (Å²) < 4.78 is 21.2. The van der Waals surface area contributed by atoms with Gasteiger partial charge in [-0.25, -0.2) is 0 Å². The molecule has 142 valence electrons. The highest BCUT2D eigenvalue weighted by molar-refractivity contribution is 6.31. The number of carbonyl (C=O) groups is 2. The molecular formula is C21H17NO6. The Morgan fingerprint density at radius 1 is 0.679 bits per heavy atom. The zero-order chi connectivity index (χ0) is 20.0. The summed E-state index contributed by atoms with van der Waals surface area (Å²) in [6.07, 6.45) is 1.55. The number of carbonyl (C=O) groups excluding carboxylic acids is 2. The van der Waals surface area contributed by atoms with Crippen LogP contribution in [0.15, 0.2) is 30.5 Å². The molecule has 28 heavy (non-hydrogen) atoms. The number of pyridine rings is 1. The van der Waals surface area contributed by atoms with Gasteiger partial charge >= 0.3 is 0 Å². The van der Waals surface area contributed by atoms with E-state index in [1.165, 1.54) is 40.6 Å². The van der Waals surface area contributed by atoms with E-state index in [9.17, 15) is 9.59 Å². The molecule has 7 nitrogen and oxygen atoms in total. The van der Waals surface area contributed by atoms with Crippen LogP contribution in [0.5, 0.6) is 23.0 Å². The van der Waals surface area contributed by atoms with Crippen LogP contribution in [0.3, 0.4) is 0 Å². The lowest BCUT2D eigenvalue weighted by atomic mass is 9.84. The third kappa shape index (κ3) is 2.40. The molecule has 0 radical (unpaired) electrons. The highest BCUT2D eigenvalue weighted by atomic mass is 16.5. The number of benzene rings is 2. The van der Waals surface area contributed by atoms with Crippen molar-refractivity contribution in [1.82, 2.24) is 4.98 Å². The summed E-state index contributed by atoms with van der Waals surface area (Å²) in [5, 5.41) is 1.24. The summed E-state index contributed by atoms with van der Waals surface area (Å²) in [7, 11) is 5.98. The number of ether oxygens (including phenoxy) is 4. The Bertz CT molecular complexity index is 1150. The Morgan fingerprint density at radius 3 is 1.75 bits per heavy atom. The predicted molar refractivity (Wildman–Crippen MR) is 101 cm³/mol. The number of nitrogens with zero attached hydrogens (tertiary/aromatic N) is 1. The Hall–Kier alpha value is -3.61. The number of ketones is 2. The van der Waals surface area contributed by atoms with Crippen molar-refractivity contribution >= 4 is 22.3 Å². The van der Waals surface area contributed by atoms with Gasteiger partial charge in [0.1, 0.15) is 5.69 Å². The number of fused-ring (bicyclic) bond motifs is 4. The molecular weight excluding hydrogens is 362 g/mol. The van der Waals surface area contributed by atoms with E-state index in [0.717, 1.165) is 0 Å². The van der Waals surface area contributed by atoms with E-state index in [0.29, 0.717) is 33.8 Å². The SMILES string of the molecule is COc1cc2c(cc1OC)C(=O)c1c(ncc3cc(OC)c(OC)cc13)C2=O. The van der Waals surface area contributed by atoms with Crippen LogP contribution in [-0.2, 0) is 0 Å². The van der Waals surface area contributed by atoms with Gasteiger partial charge in [0, 0.05) is 28.1 Å². The normalized spacial score (nSPS) is 12.4. The lowest BCUT2D eigenvalue weighted by Gasteiger charge is -2.20. The van der Waals surface area contributed by atoms with Crippen molar-refractivity contribution in [3.8, 4) is 23.0 Å². The van der Waals surface area contributed by atoms with Gasteiger partial charge in [0.2, 0.25) is 5.78 Å². The molecule has 0 N–H and O–H groups in total. The fourth-order valence-electron chi connectivity index (χ4n) is 3.46. The summed E-state index contributed by atoms with van der Waals surface area (Å²) in [4.78, 5) is 30.7. The maximum atomic E-state index is 13.3. The second kappa shape index (κ2) is 6.53. The van der Waals surface area contributed by atoms with Gasteiger partial charge in [0.15, 0.2) is 28.8 Å². The van der Waals surface area contributed by atoms with Gasteiger partial charge in [-0.1, -0.05) is 0 Å². The van der Waals surface area contributed by atoms with Crippen LogP contribution in [0.1, 0.15) is 32.0 Å². The minimum absolute atomic E-state index is 0.101. The monoisotopic (exact) mass is 379 g/mol. The molecule has 7 heteroatoms. The van der Waals surface area contributed by atoms with Crippen LogP contribution in [-0.4, -0.2) is 45.0 Å². The van der Waals surface area contributed by atoms with Crippen LogP contribution in [0.2, 0.25) is 0 Å². The molecule has 0 amide bonds. The molecule has 0 bridgehead atoms. The molecule has 0 spiro atoms. The predicted octanol–water partition coefficient (Wildman–Crippen LogP) is 3.04. The van der Waals surface area contributed by atoms with Crippen molar-refractivity contribution in [2.75, 3.05) is 28.4 Å². The summed E-state index contributed by atoms with van der Waals surface area (Å²) in [6, 6.07) is 6.45. The fraction of sp³-hybridized carbons (Fsp3) is 0.190. The molecule has 3 aromatic rings. The third-order valence-corrected chi connectivity index (χ3v) is 4.85. The van der Waals surface area contributed by atoms with E-state index in [1.807, 2.05) is 0 Å². The molecule has 1 aliphatic rings. The summed E-state index contributed by atoms with van der Waals surface area (Å²) >= 11 is 0. The molecule has 1 aromatic heterocycles. The zero-order valence-electron chi connectivity index (χ0n) is 15.8. The minimum atomic E-state index is -0.345. The van der Waals surface area contributed by atoms with Gasteiger partial charge in [-0.15, -0.1) is 0 Å². The molecule has 0 saturated heterocycles. The first kappa shape index (κ1) is 17.8. The molecule has 1 heterocycles. The second-order valence-electron chi connectivity index (χ2n) is 6.19. The van der Waals surface area contributed by atoms with Crippen molar-refractivity contribution in [3.63, 3.8) is 0 Å². The van der Waals surface area contributed by atoms with Crippen LogP contribution in [0.25, 0.3) is 10.8 Å². The highest BCUT2D eigenvalue weighted by Crippen LogP contribution is 2.40. The smallest absolute Gasteiger partial charge is 0.213 e. The highest BCUT2D eigenvalue weighted by Gasteiger charge is 2.34. The topological polar surface area (TPSA) is 84.0 Å². The lowest BCUT2D eigenvalue weighted by molar-refractivity contribution is 0.0976. The maximum absolute atomic E-state index is 13.3. The maximum Gasteiger partial charge on any atom is 0.213 e. The van der Waals surface area contributed by atoms with E-state index in [1.54, 1.807) is 18.3 Å². The quantitative estimate of drug-likeness (QED) is 0.539. The van der Waals surface area contributed by atoms with Gasteiger partial charge in [-0.2, -0.15) is 0 Å². The lowest BCUT2D eigenvalue weighted by Crippen LogP contribution is -2.23. The van der Waals surface area contributed by atoms with Crippen LogP contribution in [0.4, 0.5) is 0 Å². The molecule has 1 aliphatic carbocycles. The third-order valence-electron chi connectivity index (χ3n) is 4.85. The van der Waals surface area contributed by atoms with Crippen LogP contribution >= 0.6 is 0 Å². The van der Waals surface area contributed by atoms with E-state index >= 15 is 0 Å². The summed E-state index contributed by atoms with van der Waals surface area (Å²) in [6.45, 7) is 0. The molecule has 0 fully saturated rings. The fourth-order valence-corrected chi connectivity index (χ4v) is 3.46.